The van der Waals surface area contributed by atoms with Crippen molar-refractivity contribution < 1.29 is 4.79 Å². The summed E-state index contributed by atoms with van der Waals surface area (Å²) in [4.78, 5) is 25.0. The predicted octanol–water partition coefficient (Wildman–Crippen LogP) is 3.96. The zero-order valence-electron chi connectivity index (χ0n) is 14.1. The lowest BCUT2D eigenvalue weighted by Gasteiger charge is -2.04. The maximum atomic E-state index is 12.1. The number of amides is 1. The van der Waals surface area contributed by atoms with Crippen molar-refractivity contribution in [3.05, 3.63) is 52.9 Å². The normalized spacial score (nSPS) is 11.0. The first-order valence-electron chi connectivity index (χ1n) is 7.89. The number of aryl methyl sites for hydroxylation is 1. The standard InChI is InChI=1S/C17H13ClN6OS2/c1-10-7-27-17(22-10)23-14(25)8-26-16-13-6-21-24(15(13)19-9-20-16)12-4-2-11(18)3-5-12/h2-7,9H,8H2,1H3,(H,22,23,25). The van der Waals surface area contributed by atoms with Crippen LogP contribution in [0.3, 0.4) is 0 Å². The van der Waals surface area contributed by atoms with Crippen LogP contribution in [0.2, 0.25) is 5.02 Å². The average molecular weight is 417 g/mol. The monoisotopic (exact) mass is 416 g/mol. The van der Waals surface area contributed by atoms with Crippen molar-refractivity contribution in [2.24, 2.45) is 0 Å². The van der Waals surface area contributed by atoms with Gasteiger partial charge >= 0.3 is 0 Å². The second-order valence-corrected chi connectivity index (χ2v) is 7.84. The molecular weight excluding hydrogens is 404 g/mol. The number of halogens is 1. The highest BCUT2D eigenvalue weighted by Gasteiger charge is 2.13. The number of hydrogen-bond acceptors (Lipinski definition) is 7. The minimum atomic E-state index is -0.133. The topological polar surface area (TPSA) is 85.6 Å². The van der Waals surface area contributed by atoms with Crippen LogP contribution in [0.25, 0.3) is 16.7 Å². The summed E-state index contributed by atoms with van der Waals surface area (Å²) >= 11 is 8.68. The summed E-state index contributed by atoms with van der Waals surface area (Å²) in [5.74, 6) is 0.0860. The van der Waals surface area contributed by atoms with Gasteiger partial charge in [0.25, 0.3) is 0 Å². The Morgan fingerprint density at radius 2 is 2.11 bits per heavy atom. The van der Waals surface area contributed by atoms with Crippen molar-refractivity contribution in [1.82, 2.24) is 24.7 Å². The van der Waals surface area contributed by atoms with Crippen LogP contribution in [0.4, 0.5) is 5.13 Å². The molecule has 27 heavy (non-hydrogen) atoms. The number of hydrogen-bond donors (Lipinski definition) is 1. The zero-order valence-corrected chi connectivity index (χ0v) is 16.5. The molecule has 0 atom stereocenters. The molecule has 0 unspecified atom stereocenters. The van der Waals surface area contributed by atoms with Gasteiger partial charge in [-0.2, -0.15) is 5.10 Å². The molecule has 10 heteroatoms. The number of thioether (sulfide) groups is 1. The Morgan fingerprint density at radius 3 is 2.85 bits per heavy atom. The lowest BCUT2D eigenvalue weighted by molar-refractivity contribution is -0.113. The number of carbonyl (C=O) groups is 1. The molecule has 1 amide bonds. The van der Waals surface area contributed by atoms with E-state index in [4.69, 9.17) is 11.6 Å². The molecule has 7 nitrogen and oxygen atoms in total. The number of thiazole rings is 1. The number of anilines is 1. The molecule has 0 aliphatic rings. The number of nitrogens with zero attached hydrogens (tertiary/aromatic N) is 5. The molecule has 0 bridgehead atoms. The van der Waals surface area contributed by atoms with Crippen molar-refractivity contribution >= 4 is 56.8 Å². The first kappa shape index (κ1) is 17.9. The largest absolute Gasteiger partial charge is 0.301 e. The molecule has 1 aromatic carbocycles. The van der Waals surface area contributed by atoms with Crippen molar-refractivity contribution in [3.8, 4) is 5.69 Å². The van der Waals surface area contributed by atoms with Gasteiger partial charge in [-0.1, -0.05) is 23.4 Å². The van der Waals surface area contributed by atoms with Gasteiger partial charge < -0.3 is 5.32 Å². The molecule has 3 heterocycles. The van der Waals surface area contributed by atoms with E-state index in [1.165, 1.54) is 29.4 Å². The number of rotatable bonds is 5. The van der Waals surface area contributed by atoms with Gasteiger partial charge in [0.1, 0.15) is 11.4 Å². The van der Waals surface area contributed by atoms with Gasteiger partial charge in [0.05, 0.1) is 28.7 Å². The van der Waals surface area contributed by atoms with Gasteiger partial charge in [0, 0.05) is 10.4 Å². The molecular formula is C17H13ClN6OS2. The molecule has 0 saturated heterocycles. The highest BCUT2D eigenvalue weighted by atomic mass is 35.5. The van der Waals surface area contributed by atoms with E-state index in [2.05, 4.69) is 25.4 Å². The third-order valence-electron chi connectivity index (χ3n) is 3.61. The summed E-state index contributed by atoms with van der Waals surface area (Å²) in [5, 5.41) is 11.8. The van der Waals surface area contributed by atoms with Crippen LogP contribution in [0.15, 0.2) is 47.2 Å². The average Bonchev–Trinajstić information content (AvgIpc) is 3.27. The van der Waals surface area contributed by atoms with Crippen LogP contribution >= 0.6 is 34.7 Å². The van der Waals surface area contributed by atoms with Gasteiger partial charge in [0.2, 0.25) is 5.91 Å². The summed E-state index contributed by atoms with van der Waals surface area (Å²) in [6.07, 6.45) is 3.18. The van der Waals surface area contributed by atoms with Crippen molar-refractivity contribution in [1.29, 1.82) is 0 Å². The number of carbonyl (C=O) groups excluding carboxylic acids is 1. The van der Waals surface area contributed by atoms with Gasteiger partial charge in [-0.05, 0) is 31.2 Å². The van der Waals surface area contributed by atoms with Crippen molar-refractivity contribution in [2.75, 3.05) is 11.1 Å². The maximum Gasteiger partial charge on any atom is 0.236 e. The molecule has 1 N–H and O–H groups in total. The van der Waals surface area contributed by atoms with Gasteiger partial charge in [-0.3, -0.25) is 4.79 Å². The lowest BCUT2D eigenvalue weighted by atomic mass is 10.3. The van der Waals surface area contributed by atoms with Crippen LogP contribution in [0.1, 0.15) is 5.69 Å². The van der Waals surface area contributed by atoms with Crippen LogP contribution in [-0.2, 0) is 4.79 Å². The lowest BCUT2D eigenvalue weighted by Crippen LogP contribution is -2.14. The van der Waals surface area contributed by atoms with Crippen molar-refractivity contribution in [2.45, 2.75) is 11.9 Å². The zero-order chi connectivity index (χ0) is 18.8. The Kier molecular flexibility index (Phi) is 5.06. The molecule has 136 valence electrons. The van der Waals surface area contributed by atoms with Gasteiger partial charge in [0.15, 0.2) is 10.8 Å². The first-order chi connectivity index (χ1) is 13.1. The van der Waals surface area contributed by atoms with E-state index in [-0.39, 0.29) is 11.7 Å². The van der Waals surface area contributed by atoms with Crippen LogP contribution < -0.4 is 5.32 Å². The Labute approximate surface area is 167 Å². The van der Waals surface area contributed by atoms with E-state index in [1.54, 1.807) is 23.0 Å². The summed E-state index contributed by atoms with van der Waals surface area (Å²) < 4.78 is 1.72. The Bertz CT molecular complexity index is 1110. The third-order valence-corrected chi connectivity index (χ3v) is 5.74. The number of aromatic nitrogens is 5. The SMILES string of the molecule is Cc1csc(NC(=O)CSc2ncnc3c2cnn3-c2ccc(Cl)cc2)n1. The van der Waals surface area contributed by atoms with Crippen molar-refractivity contribution in [3.63, 3.8) is 0 Å². The second-order valence-electron chi connectivity index (χ2n) is 5.58. The molecule has 0 aliphatic heterocycles. The molecule has 3 aromatic heterocycles. The molecule has 0 aliphatic carbocycles. The number of benzene rings is 1. The second kappa shape index (κ2) is 7.63. The Hall–Kier alpha value is -2.49. The minimum absolute atomic E-state index is 0.133. The quantitative estimate of drug-likeness (QED) is 0.391. The summed E-state index contributed by atoms with van der Waals surface area (Å²) in [5.41, 5.74) is 2.40. The fraction of sp³-hybridized carbons (Fsp3) is 0.118. The van der Waals surface area contributed by atoms with Crippen LogP contribution in [-0.4, -0.2) is 36.4 Å². The van der Waals surface area contributed by atoms with E-state index in [1.807, 2.05) is 24.4 Å². The third kappa shape index (κ3) is 3.95. The molecule has 0 saturated carbocycles. The van der Waals surface area contributed by atoms with E-state index in [0.29, 0.717) is 20.8 Å². The minimum Gasteiger partial charge on any atom is -0.301 e. The molecule has 0 radical (unpaired) electrons. The number of fused-ring (bicyclic) bond motifs is 1. The van der Waals surface area contributed by atoms with Gasteiger partial charge in [-0.15, -0.1) is 11.3 Å². The first-order valence-corrected chi connectivity index (χ1v) is 10.1. The molecule has 0 fully saturated rings. The van der Waals surface area contributed by atoms with E-state index >= 15 is 0 Å². The Morgan fingerprint density at radius 1 is 1.30 bits per heavy atom. The predicted molar refractivity (Wildman–Crippen MR) is 108 cm³/mol. The summed E-state index contributed by atoms with van der Waals surface area (Å²) in [6.45, 7) is 1.89. The maximum absolute atomic E-state index is 12.1. The van der Waals surface area contributed by atoms with E-state index < -0.39 is 0 Å². The van der Waals surface area contributed by atoms with Gasteiger partial charge in [-0.25, -0.2) is 19.6 Å². The van der Waals surface area contributed by atoms with E-state index in [0.717, 1.165) is 16.8 Å². The van der Waals surface area contributed by atoms with Crippen LogP contribution in [0, 0.1) is 6.92 Å². The van der Waals surface area contributed by atoms with Crippen LogP contribution in [0.5, 0.6) is 0 Å². The fourth-order valence-electron chi connectivity index (χ4n) is 2.41. The number of nitrogens with one attached hydrogen (secondary N) is 1. The molecule has 4 rings (SSSR count). The summed E-state index contributed by atoms with van der Waals surface area (Å²) in [7, 11) is 0. The fourth-order valence-corrected chi connectivity index (χ4v) is 4.00. The van der Waals surface area contributed by atoms with E-state index in [9.17, 15) is 4.79 Å². The highest BCUT2D eigenvalue weighted by Crippen LogP contribution is 2.26. The molecule has 0 spiro atoms. The highest BCUT2D eigenvalue weighted by molar-refractivity contribution is 8.00. The summed E-state index contributed by atoms with van der Waals surface area (Å²) in [6, 6.07) is 7.33. The smallest absolute Gasteiger partial charge is 0.236 e. The Balaban J connectivity index is 1.52. The molecule has 4 aromatic rings.